The van der Waals surface area contributed by atoms with Gasteiger partial charge in [-0.15, -0.1) is 0 Å². The van der Waals surface area contributed by atoms with Crippen molar-refractivity contribution in [3.05, 3.63) is 54.1 Å². The molecule has 0 bridgehead atoms. The maximum absolute atomic E-state index is 12.6. The van der Waals surface area contributed by atoms with E-state index in [1.165, 1.54) is 18.2 Å². The number of carboxylic acid groups (broad SMARTS) is 1. The Balaban J connectivity index is 2.33. The molecule has 2 rings (SSSR count). The first-order valence-electron chi connectivity index (χ1n) is 8.29. The van der Waals surface area contributed by atoms with Crippen LogP contribution >= 0.6 is 0 Å². The van der Waals surface area contributed by atoms with E-state index in [1.54, 1.807) is 12.1 Å². The van der Waals surface area contributed by atoms with Gasteiger partial charge >= 0.3 is 5.97 Å². The first kappa shape index (κ1) is 20.6. The number of ether oxygens (including phenoxy) is 1. The smallest absolute Gasteiger partial charge is 0.305 e. The van der Waals surface area contributed by atoms with E-state index in [-0.39, 0.29) is 22.8 Å². The molecule has 2 aromatic carbocycles. The highest BCUT2D eigenvalue weighted by molar-refractivity contribution is 7.89. The Hall–Kier alpha value is -2.71. The van der Waals surface area contributed by atoms with E-state index in [4.69, 9.17) is 9.84 Å². The molecule has 0 radical (unpaired) electrons. The van der Waals surface area contributed by atoms with E-state index in [9.17, 15) is 18.0 Å². The predicted molar refractivity (Wildman–Crippen MR) is 99.5 cm³/mol. The zero-order chi connectivity index (χ0) is 20.0. The number of benzene rings is 2. The standard InChI is InChI=1S/C19H21NO6S/c1-13(2)14-6-5-7-16(10-14)26-17-8-3-4-9-18(17)27(24,25)20-15(12-21)11-19(22)23/h3-10,12-13,15,20H,11H2,1-2H3,(H,22,23)/t15-/m0/s1. The number of para-hydroxylation sites is 1. The second-order valence-electron chi connectivity index (χ2n) is 6.24. The van der Waals surface area contributed by atoms with Gasteiger partial charge in [-0.1, -0.05) is 38.1 Å². The molecule has 0 aromatic heterocycles. The summed E-state index contributed by atoms with van der Waals surface area (Å²) in [4.78, 5) is 21.6. The summed E-state index contributed by atoms with van der Waals surface area (Å²) in [7, 11) is -4.16. The van der Waals surface area contributed by atoms with Crippen LogP contribution in [0.5, 0.6) is 11.5 Å². The van der Waals surface area contributed by atoms with Gasteiger partial charge in [0, 0.05) is 0 Å². The van der Waals surface area contributed by atoms with Crippen LogP contribution in [0.3, 0.4) is 0 Å². The number of hydrogen-bond acceptors (Lipinski definition) is 5. The van der Waals surface area contributed by atoms with E-state index in [0.717, 1.165) is 5.56 Å². The third-order valence-corrected chi connectivity index (χ3v) is 5.29. The van der Waals surface area contributed by atoms with Crippen molar-refractivity contribution < 1.29 is 27.9 Å². The van der Waals surface area contributed by atoms with Crippen molar-refractivity contribution in [2.75, 3.05) is 0 Å². The molecule has 0 aliphatic heterocycles. The van der Waals surface area contributed by atoms with E-state index in [2.05, 4.69) is 4.72 Å². The number of carbonyl (C=O) groups is 2. The average Bonchev–Trinajstić information content (AvgIpc) is 2.61. The number of carboxylic acids is 1. The van der Waals surface area contributed by atoms with Gasteiger partial charge in [-0.05, 0) is 35.7 Å². The molecule has 1 atom stereocenters. The summed E-state index contributed by atoms with van der Waals surface area (Å²) in [6.45, 7) is 4.06. The van der Waals surface area contributed by atoms with Crippen molar-refractivity contribution in [1.82, 2.24) is 4.72 Å². The molecule has 0 saturated carbocycles. The maximum Gasteiger partial charge on any atom is 0.305 e. The summed E-state index contributed by atoms with van der Waals surface area (Å²) >= 11 is 0. The van der Waals surface area contributed by atoms with Gasteiger partial charge < -0.3 is 14.6 Å². The van der Waals surface area contributed by atoms with Crippen LogP contribution in [0.4, 0.5) is 0 Å². The summed E-state index contributed by atoms with van der Waals surface area (Å²) in [6.07, 6.45) is -0.399. The van der Waals surface area contributed by atoms with Crippen molar-refractivity contribution in [3.8, 4) is 11.5 Å². The number of aliphatic carboxylic acids is 1. The van der Waals surface area contributed by atoms with Crippen LogP contribution in [0, 0.1) is 0 Å². The Morgan fingerprint density at radius 1 is 1.19 bits per heavy atom. The largest absolute Gasteiger partial charge is 0.481 e. The molecule has 2 aromatic rings. The molecular formula is C19H21NO6S. The number of hydrogen-bond donors (Lipinski definition) is 2. The molecule has 0 saturated heterocycles. The average molecular weight is 391 g/mol. The fraction of sp³-hybridized carbons (Fsp3) is 0.263. The van der Waals surface area contributed by atoms with Crippen molar-refractivity contribution in [2.45, 2.75) is 37.1 Å². The van der Waals surface area contributed by atoms with E-state index in [0.29, 0.717) is 5.75 Å². The van der Waals surface area contributed by atoms with Gasteiger partial charge in [-0.25, -0.2) is 13.1 Å². The van der Waals surface area contributed by atoms with Gasteiger partial charge in [-0.3, -0.25) is 4.79 Å². The molecule has 0 fully saturated rings. The van der Waals surface area contributed by atoms with Gasteiger partial charge in [0.2, 0.25) is 10.0 Å². The zero-order valence-corrected chi connectivity index (χ0v) is 15.8. The second kappa shape index (κ2) is 8.79. The second-order valence-corrected chi connectivity index (χ2v) is 7.92. The summed E-state index contributed by atoms with van der Waals surface area (Å²) in [5.74, 6) is -0.462. The Labute approximate surface area is 158 Å². The predicted octanol–water partition coefficient (Wildman–Crippen LogP) is 2.92. The number of carbonyl (C=O) groups excluding carboxylic acids is 1. The van der Waals surface area contributed by atoms with Crippen LogP contribution in [-0.2, 0) is 19.6 Å². The minimum Gasteiger partial charge on any atom is -0.481 e. The van der Waals surface area contributed by atoms with E-state index >= 15 is 0 Å². The first-order chi connectivity index (χ1) is 12.7. The molecule has 0 spiro atoms. The highest BCUT2D eigenvalue weighted by Gasteiger charge is 2.25. The SMILES string of the molecule is CC(C)c1cccc(Oc2ccccc2S(=O)(=O)N[C@H](C=O)CC(=O)O)c1. The van der Waals surface area contributed by atoms with Gasteiger partial charge in [0.15, 0.2) is 0 Å². The number of rotatable bonds is 9. The maximum atomic E-state index is 12.6. The van der Waals surface area contributed by atoms with Crippen LogP contribution in [0.2, 0.25) is 0 Å². The van der Waals surface area contributed by atoms with Crippen molar-refractivity contribution in [2.24, 2.45) is 0 Å². The van der Waals surface area contributed by atoms with Crippen molar-refractivity contribution >= 4 is 22.3 Å². The summed E-state index contributed by atoms with van der Waals surface area (Å²) in [5, 5.41) is 8.78. The Kier molecular flexibility index (Phi) is 6.70. The molecule has 0 unspecified atom stereocenters. The summed E-state index contributed by atoms with van der Waals surface area (Å²) in [6, 6.07) is 11.9. The van der Waals surface area contributed by atoms with Gasteiger partial charge in [-0.2, -0.15) is 0 Å². The van der Waals surface area contributed by atoms with Crippen molar-refractivity contribution in [1.29, 1.82) is 0 Å². The third kappa shape index (κ3) is 5.63. The normalized spacial score (nSPS) is 12.6. The highest BCUT2D eigenvalue weighted by Crippen LogP contribution is 2.30. The molecular weight excluding hydrogens is 370 g/mol. The lowest BCUT2D eigenvalue weighted by Crippen LogP contribution is -2.37. The molecule has 27 heavy (non-hydrogen) atoms. The molecule has 0 aliphatic carbocycles. The lowest BCUT2D eigenvalue weighted by Gasteiger charge is -2.15. The van der Waals surface area contributed by atoms with E-state index in [1.807, 2.05) is 32.0 Å². The molecule has 7 nitrogen and oxygen atoms in total. The molecule has 144 valence electrons. The van der Waals surface area contributed by atoms with Gasteiger partial charge in [0.1, 0.15) is 22.7 Å². The zero-order valence-electron chi connectivity index (χ0n) is 15.0. The summed E-state index contributed by atoms with van der Waals surface area (Å²) < 4.78 is 33.1. The lowest BCUT2D eigenvalue weighted by atomic mass is 10.0. The Morgan fingerprint density at radius 2 is 1.89 bits per heavy atom. The fourth-order valence-corrected chi connectivity index (χ4v) is 3.69. The fourth-order valence-electron chi connectivity index (χ4n) is 2.39. The topological polar surface area (TPSA) is 110 Å². The van der Waals surface area contributed by atoms with Gasteiger partial charge in [0.25, 0.3) is 0 Å². The summed E-state index contributed by atoms with van der Waals surface area (Å²) in [5.41, 5.74) is 1.04. The van der Waals surface area contributed by atoms with E-state index < -0.39 is 28.5 Å². The monoisotopic (exact) mass is 391 g/mol. The number of aldehydes is 1. The first-order valence-corrected chi connectivity index (χ1v) is 9.77. The van der Waals surface area contributed by atoms with Crippen LogP contribution < -0.4 is 9.46 Å². The number of nitrogens with one attached hydrogen (secondary N) is 1. The lowest BCUT2D eigenvalue weighted by molar-refractivity contribution is -0.138. The minimum atomic E-state index is -4.16. The molecule has 2 N–H and O–H groups in total. The Morgan fingerprint density at radius 3 is 2.52 bits per heavy atom. The highest BCUT2D eigenvalue weighted by atomic mass is 32.2. The molecule has 0 aliphatic rings. The Bertz CT molecular complexity index is 923. The van der Waals surface area contributed by atoms with Crippen LogP contribution in [0.25, 0.3) is 0 Å². The quantitative estimate of drug-likeness (QED) is 0.636. The molecule has 0 amide bonds. The van der Waals surface area contributed by atoms with Crippen LogP contribution in [0.1, 0.15) is 31.7 Å². The molecule has 0 heterocycles. The third-order valence-electron chi connectivity index (χ3n) is 3.76. The number of sulfonamides is 1. The van der Waals surface area contributed by atoms with Crippen LogP contribution in [-0.4, -0.2) is 31.8 Å². The molecule has 8 heteroatoms. The van der Waals surface area contributed by atoms with Crippen LogP contribution in [0.15, 0.2) is 53.4 Å². The minimum absolute atomic E-state index is 0.0749. The van der Waals surface area contributed by atoms with Gasteiger partial charge in [0.05, 0.1) is 12.5 Å². The van der Waals surface area contributed by atoms with Crippen molar-refractivity contribution in [3.63, 3.8) is 0 Å².